The number of carbonyl (C=O) groups excluding carboxylic acids is 2. The van der Waals surface area contributed by atoms with Gasteiger partial charge in [-0.15, -0.1) is 0 Å². The lowest BCUT2D eigenvalue weighted by Crippen LogP contribution is -2.47. The molecule has 0 aliphatic carbocycles. The topological polar surface area (TPSA) is 125 Å². The molecule has 0 aliphatic rings. The number of carbonyl (C=O) groups is 2. The Hall–Kier alpha value is -3.73. The van der Waals surface area contributed by atoms with Gasteiger partial charge in [0.2, 0.25) is 15.9 Å². The fourth-order valence-electron chi connectivity index (χ4n) is 3.31. The molecule has 184 valence electrons. The highest BCUT2D eigenvalue weighted by Gasteiger charge is 2.27. The molecule has 0 heterocycles. The molecule has 3 aromatic carbocycles. The summed E-state index contributed by atoms with van der Waals surface area (Å²) in [6.45, 7) is 1.86. The van der Waals surface area contributed by atoms with Gasteiger partial charge >= 0.3 is 0 Å². The van der Waals surface area contributed by atoms with E-state index in [2.05, 4.69) is 4.72 Å². The summed E-state index contributed by atoms with van der Waals surface area (Å²) in [6, 6.07) is 18.5. The molecule has 35 heavy (non-hydrogen) atoms. The summed E-state index contributed by atoms with van der Waals surface area (Å²) in [5, 5.41) is 8.71. The Balaban J connectivity index is 1.79. The van der Waals surface area contributed by atoms with Crippen LogP contribution in [0.4, 0.5) is 0 Å². The number of nitrogens with one attached hydrogen (secondary N) is 2. The Morgan fingerprint density at radius 2 is 1.63 bits per heavy atom. The van der Waals surface area contributed by atoms with Gasteiger partial charge in [0.25, 0.3) is 5.91 Å². The number of hydrogen-bond donors (Lipinski definition) is 3. The number of nitrogens with zero attached hydrogens (tertiary/aromatic N) is 1. The molecule has 0 bridgehead atoms. The summed E-state index contributed by atoms with van der Waals surface area (Å²) >= 11 is 0. The maximum atomic E-state index is 12.9. The first-order valence-electron chi connectivity index (χ1n) is 10.7. The number of benzene rings is 3. The van der Waals surface area contributed by atoms with Crippen LogP contribution in [0.3, 0.4) is 0 Å². The van der Waals surface area contributed by atoms with E-state index in [1.807, 2.05) is 6.92 Å². The van der Waals surface area contributed by atoms with Gasteiger partial charge in [-0.3, -0.25) is 14.8 Å². The third-order valence-corrected chi connectivity index (χ3v) is 6.65. The van der Waals surface area contributed by atoms with Crippen molar-refractivity contribution in [2.45, 2.75) is 24.3 Å². The Morgan fingerprint density at radius 1 is 0.971 bits per heavy atom. The zero-order chi connectivity index (χ0) is 25.6. The van der Waals surface area contributed by atoms with Crippen molar-refractivity contribution in [1.29, 1.82) is 0 Å². The molecule has 2 amide bonds. The molecule has 0 spiro atoms. The van der Waals surface area contributed by atoms with Crippen LogP contribution in [-0.4, -0.2) is 50.5 Å². The van der Waals surface area contributed by atoms with Gasteiger partial charge in [-0.05, 0) is 67.4 Å². The highest BCUT2D eigenvalue weighted by atomic mass is 32.2. The van der Waals surface area contributed by atoms with Crippen LogP contribution >= 0.6 is 0 Å². The fourth-order valence-corrected chi connectivity index (χ4v) is 4.50. The molecule has 1 unspecified atom stereocenters. The molecule has 0 fully saturated rings. The molecule has 3 aromatic rings. The lowest BCUT2D eigenvalue weighted by Gasteiger charge is -2.22. The largest absolute Gasteiger partial charge is 0.457 e. The normalized spacial score (nSPS) is 12.0. The quantitative estimate of drug-likeness (QED) is 0.308. The van der Waals surface area contributed by atoms with Gasteiger partial charge in [0.15, 0.2) is 0 Å². The molecule has 10 heteroatoms. The third kappa shape index (κ3) is 6.89. The lowest BCUT2D eigenvalue weighted by molar-refractivity contribution is -0.130. The molecule has 0 aliphatic heterocycles. The van der Waals surface area contributed by atoms with Gasteiger partial charge in [-0.2, -0.15) is 4.72 Å². The van der Waals surface area contributed by atoms with E-state index in [4.69, 9.17) is 9.94 Å². The summed E-state index contributed by atoms with van der Waals surface area (Å²) < 4.78 is 34.2. The number of amides is 2. The van der Waals surface area contributed by atoms with Crippen molar-refractivity contribution in [3.63, 3.8) is 0 Å². The first-order valence-corrected chi connectivity index (χ1v) is 12.2. The maximum Gasteiger partial charge on any atom is 0.274 e. The van der Waals surface area contributed by atoms with Crippen LogP contribution in [0.1, 0.15) is 21.5 Å². The minimum Gasteiger partial charge on any atom is -0.457 e. The van der Waals surface area contributed by atoms with Crippen molar-refractivity contribution >= 4 is 21.8 Å². The second kappa shape index (κ2) is 11.1. The SMILES string of the molecule is Cc1ccc(S(=O)(=O)NC(Cc2cccc(Oc3ccc(C(=O)NO)cc3)c2)C(=O)N(C)C)cc1. The van der Waals surface area contributed by atoms with Crippen LogP contribution in [0.2, 0.25) is 0 Å². The van der Waals surface area contributed by atoms with Crippen LogP contribution in [0.15, 0.2) is 77.7 Å². The van der Waals surface area contributed by atoms with Crippen LogP contribution in [0.25, 0.3) is 0 Å². The molecule has 3 N–H and O–H groups in total. The smallest absolute Gasteiger partial charge is 0.274 e. The van der Waals surface area contributed by atoms with Gasteiger partial charge in [0, 0.05) is 19.7 Å². The van der Waals surface area contributed by atoms with Gasteiger partial charge in [0.1, 0.15) is 17.5 Å². The zero-order valence-corrected chi connectivity index (χ0v) is 20.4. The lowest BCUT2D eigenvalue weighted by atomic mass is 10.1. The van der Waals surface area contributed by atoms with Crippen LogP contribution in [-0.2, 0) is 21.2 Å². The Kier molecular flexibility index (Phi) is 8.23. The van der Waals surface area contributed by atoms with Gasteiger partial charge in [0.05, 0.1) is 4.90 Å². The third-order valence-electron chi connectivity index (χ3n) is 5.16. The minimum absolute atomic E-state index is 0.0788. The van der Waals surface area contributed by atoms with E-state index < -0.39 is 22.0 Å². The Labute approximate surface area is 204 Å². The molecular weight excluding hydrogens is 470 g/mol. The highest BCUT2D eigenvalue weighted by molar-refractivity contribution is 7.89. The molecule has 0 radical (unpaired) electrons. The standard InChI is InChI=1S/C25H27N3O6S/c1-17-7-13-22(14-8-17)35(32,33)27-23(25(30)28(2)3)16-18-5-4-6-21(15-18)34-20-11-9-19(10-12-20)24(29)26-31/h4-15,23,27,31H,16H2,1-3H3,(H,26,29). The van der Waals surface area contributed by atoms with Crippen LogP contribution in [0.5, 0.6) is 11.5 Å². The number of likely N-dealkylation sites (N-methyl/N-ethyl adjacent to an activating group) is 1. The molecule has 0 saturated heterocycles. The van der Waals surface area contributed by atoms with Crippen molar-refractivity contribution in [2.24, 2.45) is 0 Å². The molecule has 0 aromatic heterocycles. The summed E-state index contributed by atoms with van der Waals surface area (Å²) in [5.41, 5.74) is 3.44. The second-order valence-corrected chi connectivity index (χ2v) is 9.85. The van der Waals surface area contributed by atoms with Gasteiger partial charge < -0.3 is 9.64 Å². The predicted molar refractivity (Wildman–Crippen MR) is 130 cm³/mol. The van der Waals surface area contributed by atoms with Crippen molar-refractivity contribution in [3.05, 3.63) is 89.5 Å². The molecular formula is C25H27N3O6S. The number of hydrogen-bond acceptors (Lipinski definition) is 6. The van der Waals surface area contributed by atoms with Crippen molar-refractivity contribution in [1.82, 2.24) is 15.1 Å². The van der Waals surface area contributed by atoms with E-state index in [0.717, 1.165) is 5.56 Å². The monoisotopic (exact) mass is 497 g/mol. The average Bonchev–Trinajstić information content (AvgIpc) is 2.83. The van der Waals surface area contributed by atoms with E-state index in [0.29, 0.717) is 17.1 Å². The number of hydroxylamine groups is 1. The second-order valence-electron chi connectivity index (χ2n) is 8.14. The first-order chi connectivity index (χ1) is 16.6. The molecule has 0 saturated carbocycles. The minimum atomic E-state index is -3.93. The maximum absolute atomic E-state index is 12.9. The van der Waals surface area contributed by atoms with Crippen LogP contribution < -0.4 is 14.9 Å². The highest BCUT2D eigenvalue weighted by Crippen LogP contribution is 2.24. The summed E-state index contributed by atoms with van der Waals surface area (Å²) in [6.07, 6.45) is 0.106. The fraction of sp³-hybridized carbons (Fsp3) is 0.200. The van der Waals surface area contributed by atoms with E-state index in [9.17, 15) is 18.0 Å². The number of ether oxygens (including phenoxy) is 1. The van der Waals surface area contributed by atoms with Crippen molar-refractivity contribution < 1.29 is 28.0 Å². The van der Waals surface area contributed by atoms with Gasteiger partial charge in [-0.25, -0.2) is 13.9 Å². The first kappa shape index (κ1) is 25.9. The molecule has 1 atom stereocenters. The predicted octanol–water partition coefficient (Wildman–Crippen LogP) is 2.88. The number of aryl methyl sites for hydroxylation is 1. The van der Waals surface area contributed by atoms with Crippen molar-refractivity contribution in [2.75, 3.05) is 14.1 Å². The summed E-state index contributed by atoms with van der Waals surface area (Å²) in [7, 11) is -0.796. The molecule has 3 rings (SSSR count). The Morgan fingerprint density at radius 3 is 2.23 bits per heavy atom. The Bertz CT molecular complexity index is 1290. The number of sulfonamides is 1. The summed E-state index contributed by atoms with van der Waals surface area (Å²) in [5.74, 6) is -0.0927. The average molecular weight is 498 g/mol. The summed E-state index contributed by atoms with van der Waals surface area (Å²) in [4.78, 5) is 25.7. The van der Waals surface area contributed by atoms with E-state index >= 15 is 0 Å². The van der Waals surface area contributed by atoms with Crippen LogP contribution in [0, 0.1) is 6.92 Å². The zero-order valence-electron chi connectivity index (χ0n) is 19.6. The van der Waals surface area contributed by atoms with E-state index in [-0.39, 0.29) is 22.8 Å². The van der Waals surface area contributed by atoms with E-state index in [1.165, 1.54) is 29.2 Å². The van der Waals surface area contributed by atoms with Gasteiger partial charge in [-0.1, -0.05) is 29.8 Å². The molecule has 9 nitrogen and oxygen atoms in total. The number of rotatable bonds is 9. The van der Waals surface area contributed by atoms with E-state index in [1.54, 1.807) is 68.1 Å². The van der Waals surface area contributed by atoms with Crippen molar-refractivity contribution in [3.8, 4) is 11.5 Å².